The SMILES string of the molecule is Cc1ccccc1-c1ccc(COCCCCCN2C[C@H](O)C(O)[C@H](O)[C@H]2CO)cc1. The summed E-state index contributed by atoms with van der Waals surface area (Å²) >= 11 is 0. The number of hydrogen-bond donors (Lipinski definition) is 4. The van der Waals surface area contributed by atoms with Gasteiger partial charge in [0.1, 0.15) is 12.2 Å². The quantitative estimate of drug-likeness (QED) is 0.432. The molecule has 6 heteroatoms. The maximum Gasteiger partial charge on any atom is 0.109 e. The molecular formula is C25H35NO5. The van der Waals surface area contributed by atoms with E-state index in [1.807, 2.05) is 4.90 Å². The highest BCUT2D eigenvalue weighted by Gasteiger charge is 2.40. The van der Waals surface area contributed by atoms with Crippen LogP contribution in [0.4, 0.5) is 0 Å². The van der Waals surface area contributed by atoms with E-state index in [0.29, 0.717) is 19.8 Å². The molecule has 0 aliphatic carbocycles. The number of aryl methyl sites for hydroxylation is 1. The van der Waals surface area contributed by atoms with E-state index in [9.17, 15) is 20.4 Å². The lowest BCUT2D eigenvalue weighted by Crippen LogP contribution is -2.62. The number of piperidine rings is 1. The molecule has 0 aromatic heterocycles. The minimum atomic E-state index is -1.20. The van der Waals surface area contributed by atoms with Gasteiger partial charge in [-0.15, -0.1) is 0 Å². The number of rotatable bonds is 10. The Labute approximate surface area is 184 Å². The van der Waals surface area contributed by atoms with Crippen LogP contribution in [0, 0.1) is 6.92 Å². The lowest BCUT2D eigenvalue weighted by molar-refractivity contribution is -0.145. The minimum Gasteiger partial charge on any atom is -0.395 e. The topological polar surface area (TPSA) is 93.4 Å². The lowest BCUT2D eigenvalue weighted by atomic mass is 9.94. The molecule has 0 amide bonds. The zero-order chi connectivity index (χ0) is 22.2. The largest absolute Gasteiger partial charge is 0.395 e. The summed E-state index contributed by atoms with van der Waals surface area (Å²) in [6.45, 7) is 4.06. The molecule has 2 aromatic carbocycles. The molecule has 1 aliphatic rings. The molecular weight excluding hydrogens is 394 g/mol. The van der Waals surface area contributed by atoms with Gasteiger partial charge in [-0.1, -0.05) is 48.5 Å². The fourth-order valence-corrected chi connectivity index (χ4v) is 4.20. The van der Waals surface area contributed by atoms with Crippen molar-refractivity contribution in [2.45, 2.75) is 57.1 Å². The van der Waals surface area contributed by atoms with Gasteiger partial charge in [0.15, 0.2) is 0 Å². The Bertz CT molecular complexity index is 797. The second kappa shape index (κ2) is 11.7. The maximum atomic E-state index is 10.0. The average Bonchev–Trinajstić information content (AvgIpc) is 2.78. The number of nitrogens with zero attached hydrogens (tertiary/aromatic N) is 1. The third kappa shape index (κ3) is 6.35. The molecule has 0 bridgehead atoms. The van der Waals surface area contributed by atoms with Gasteiger partial charge in [-0.3, -0.25) is 4.90 Å². The molecule has 1 unspecified atom stereocenters. The smallest absolute Gasteiger partial charge is 0.109 e. The van der Waals surface area contributed by atoms with Crippen molar-refractivity contribution in [3.05, 3.63) is 59.7 Å². The van der Waals surface area contributed by atoms with Gasteiger partial charge in [0.25, 0.3) is 0 Å². The number of likely N-dealkylation sites (tertiary alicyclic amines) is 1. The van der Waals surface area contributed by atoms with E-state index in [1.54, 1.807) is 0 Å². The Morgan fingerprint density at radius 3 is 2.39 bits per heavy atom. The van der Waals surface area contributed by atoms with Crippen LogP contribution >= 0.6 is 0 Å². The standard InChI is InChI=1S/C25H35NO5/c1-18-7-3-4-8-21(18)20-11-9-19(10-12-20)17-31-14-6-2-5-13-26-15-23(28)25(30)24(29)22(26)16-27/h3-4,7-12,22-25,27-30H,2,5-6,13-17H2,1H3/t22-,23+,24-,25?/m1/s1. The molecule has 0 radical (unpaired) electrons. The molecule has 1 aliphatic heterocycles. The molecule has 0 spiro atoms. The van der Waals surface area contributed by atoms with Crippen LogP contribution < -0.4 is 0 Å². The summed E-state index contributed by atoms with van der Waals surface area (Å²) in [4.78, 5) is 1.86. The molecule has 1 saturated heterocycles. The number of benzene rings is 2. The Kier molecular flexibility index (Phi) is 9.02. The number of aliphatic hydroxyl groups excluding tert-OH is 4. The fourth-order valence-electron chi connectivity index (χ4n) is 4.20. The first-order chi connectivity index (χ1) is 15.0. The van der Waals surface area contributed by atoms with Gasteiger partial charge >= 0.3 is 0 Å². The molecule has 2 aromatic rings. The molecule has 0 saturated carbocycles. The van der Waals surface area contributed by atoms with Crippen LogP contribution in [-0.4, -0.2) is 76.0 Å². The third-order valence-electron chi connectivity index (χ3n) is 6.13. The van der Waals surface area contributed by atoms with Gasteiger partial charge in [-0.2, -0.15) is 0 Å². The fraction of sp³-hybridized carbons (Fsp3) is 0.520. The summed E-state index contributed by atoms with van der Waals surface area (Å²) in [5.41, 5.74) is 4.88. The zero-order valence-corrected chi connectivity index (χ0v) is 18.2. The summed E-state index contributed by atoms with van der Waals surface area (Å²) in [7, 11) is 0. The highest BCUT2D eigenvalue weighted by atomic mass is 16.5. The van der Waals surface area contributed by atoms with Crippen molar-refractivity contribution >= 4 is 0 Å². The molecule has 6 nitrogen and oxygen atoms in total. The molecule has 4 N–H and O–H groups in total. The normalized spacial score (nSPS) is 24.4. The zero-order valence-electron chi connectivity index (χ0n) is 18.2. The van der Waals surface area contributed by atoms with Crippen LogP contribution in [0.5, 0.6) is 0 Å². The van der Waals surface area contributed by atoms with Crippen LogP contribution in [0.25, 0.3) is 11.1 Å². The number of aliphatic hydroxyl groups is 4. The van der Waals surface area contributed by atoms with Crippen molar-refractivity contribution in [2.24, 2.45) is 0 Å². The lowest BCUT2D eigenvalue weighted by Gasteiger charge is -2.43. The first kappa shape index (κ1) is 23.9. The molecule has 31 heavy (non-hydrogen) atoms. The molecule has 1 heterocycles. The van der Waals surface area contributed by atoms with Gasteiger partial charge in [0, 0.05) is 13.2 Å². The van der Waals surface area contributed by atoms with Gasteiger partial charge < -0.3 is 25.2 Å². The summed E-state index contributed by atoms with van der Waals surface area (Å²) in [5, 5.41) is 39.1. The van der Waals surface area contributed by atoms with E-state index >= 15 is 0 Å². The van der Waals surface area contributed by atoms with E-state index in [4.69, 9.17) is 4.74 Å². The predicted octanol–water partition coefficient (Wildman–Crippen LogP) is 2.11. The van der Waals surface area contributed by atoms with E-state index in [0.717, 1.165) is 24.8 Å². The summed E-state index contributed by atoms with van der Waals surface area (Å²) in [6, 6.07) is 16.3. The Morgan fingerprint density at radius 2 is 1.68 bits per heavy atom. The maximum absolute atomic E-state index is 10.0. The van der Waals surface area contributed by atoms with Crippen molar-refractivity contribution in [1.82, 2.24) is 4.90 Å². The number of unbranched alkanes of at least 4 members (excludes halogenated alkanes) is 2. The second-order valence-corrected chi connectivity index (χ2v) is 8.42. The number of hydrogen-bond acceptors (Lipinski definition) is 6. The molecule has 4 atom stereocenters. The van der Waals surface area contributed by atoms with E-state index < -0.39 is 24.4 Å². The average molecular weight is 430 g/mol. The van der Waals surface area contributed by atoms with Crippen molar-refractivity contribution in [3.63, 3.8) is 0 Å². The van der Waals surface area contributed by atoms with Crippen molar-refractivity contribution < 1.29 is 25.2 Å². The van der Waals surface area contributed by atoms with Crippen molar-refractivity contribution in [3.8, 4) is 11.1 Å². The predicted molar refractivity (Wildman–Crippen MR) is 121 cm³/mol. The summed E-state index contributed by atoms with van der Waals surface area (Å²) < 4.78 is 5.80. The molecule has 1 fully saturated rings. The molecule has 170 valence electrons. The van der Waals surface area contributed by atoms with Gasteiger partial charge in [0.2, 0.25) is 0 Å². The van der Waals surface area contributed by atoms with Gasteiger partial charge in [-0.05, 0) is 55.0 Å². The second-order valence-electron chi connectivity index (χ2n) is 8.42. The Balaban J connectivity index is 1.33. The van der Waals surface area contributed by atoms with E-state index in [-0.39, 0.29) is 13.2 Å². The third-order valence-corrected chi connectivity index (χ3v) is 6.13. The van der Waals surface area contributed by atoms with Crippen LogP contribution in [0.2, 0.25) is 0 Å². The minimum absolute atomic E-state index is 0.239. The highest BCUT2D eigenvalue weighted by molar-refractivity contribution is 5.67. The highest BCUT2D eigenvalue weighted by Crippen LogP contribution is 2.23. The number of β-amino-alcohol motifs (C(OH)–C–C–N with tert-alkyl or cyclic N) is 1. The van der Waals surface area contributed by atoms with Crippen LogP contribution in [0.15, 0.2) is 48.5 Å². The first-order valence-corrected chi connectivity index (χ1v) is 11.1. The van der Waals surface area contributed by atoms with E-state index in [1.165, 1.54) is 16.7 Å². The Hall–Kier alpha value is -1.80. The monoisotopic (exact) mass is 429 g/mol. The summed E-state index contributed by atoms with van der Waals surface area (Å²) in [6.07, 6.45) is -0.567. The van der Waals surface area contributed by atoms with Gasteiger partial charge in [0.05, 0.1) is 25.4 Å². The number of ether oxygens (including phenoxy) is 1. The van der Waals surface area contributed by atoms with E-state index in [2.05, 4.69) is 55.5 Å². The van der Waals surface area contributed by atoms with Crippen molar-refractivity contribution in [1.29, 1.82) is 0 Å². The summed E-state index contributed by atoms with van der Waals surface area (Å²) in [5.74, 6) is 0. The van der Waals surface area contributed by atoms with Crippen LogP contribution in [0.1, 0.15) is 30.4 Å². The first-order valence-electron chi connectivity index (χ1n) is 11.1. The van der Waals surface area contributed by atoms with Crippen LogP contribution in [0.3, 0.4) is 0 Å². The van der Waals surface area contributed by atoms with Gasteiger partial charge in [-0.25, -0.2) is 0 Å². The molecule has 3 rings (SSSR count). The van der Waals surface area contributed by atoms with Crippen molar-refractivity contribution in [2.75, 3.05) is 26.3 Å². The Morgan fingerprint density at radius 1 is 0.935 bits per heavy atom. The van der Waals surface area contributed by atoms with Crippen LogP contribution in [-0.2, 0) is 11.3 Å².